The van der Waals surface area contributed by atoms with Crippen molar-refractivity contribution in [1.29, 1.82) is 0 Å². The van der Waals surface area contributed by atoms with Crippen LogP contribution in [0.1, 0.15) is 39.5 Å². The van der Waals surface area contributed by atoms with Crippen molar-refractivity contribution in [3.05, 3.63) is 0 Å². The van der Waals surface area contributed by atoms with Gasteiger partial charge < -0.3 is 14.9 Å². The summed E-state index contributed by atoms with van der Waals surface area (Å²) >= 11 is 0. The highest BCUT2D eigenvalue weighted by atomic mass is 16.5. The average Bonchev–Trinajstić information content (AvgIpc) is 2.12. The first-order valence-electron chi connectivity index (χ1n) is 5.00. The normalized spacial score (nSPS) is 8.73. The minimum Gasteiger partial charge on any atom is -0.481 e. The van der Waals surface area contributed by atoms with Gasteiger partial charge in [-0.05, 0) is 19.8 Å². The molecular formula is C10H20O5. The first kappa shape index (κ1) is 16.3. The van der Waals surface area contributed by atoms with Crippen molar-refractivity contribution in [3.63, 3.8) is 0 Å². The van der Waals surface area contributed by atoms with E-state index in [0.717, 1.165) is 26.2 Å². The summed E-state index contributed by atoms with van der Waals surface area (Å²) in [6, 6.07) is 0. The summed E-state index contributed by atoms with van der Waals surface area (Å²) in [4.78, 5) is 19.7. The zero-order chi connectivity index (χ0) is 12.1. The van der Waals surface area contributed by atoms with E-state index in [-0.39, 0.29) is 12.6 Å². The molecule has 0 atom stereocenters. The van der Waals surface area contributed by atoms with Gasteiger partial charge in [0.15, 0.2) is 0 Å². The molecule has 5 nitrogen and oxygen atoms in total. The molecule has 0 saturated heterocycles. The largest absolute Gasteiger partial charge is 0.481 e. The van der Waals surface area contributed by atoms with Gasteiger partial charge in [0.2, 0.25) is 0 Å². The van der Waals surface area contributed by atoms with Crippen LogP contribution < -0.4 is 0 Å². The Labute approximate surface area is 90.1 Å². The second-order valence-corrected chi connectivity index (χ2v) is 2.86. The summed E-state index contributed by atoms with van der Waals surface area (Å²) in [5, 5.41) is 15.8. The van der Waals surface area contributed by atoms with Crippen LogP contribution in [-0.2, 0) is 14.3 Å². The topological polar surface area (TPSA) is 83.8 Å². The quantitative estimate of drug-likeness (QED) is 0.519. The number of hydrogen-bond donors (Lipinski definition) is 2. The standard InChI is InChI=1S/C8H16O3.C2H4O2/c1-2-11-8(10)6-4-3-5-7-9;1-2(3)4/h9H,2-7H2,1H3;1H3,(H,3,4). The number of carbonyl (C=O) groups is 2. The minimum absolute atomic E-state index is 0.134. The zero-order valence-electron chi connectivity index (χ0n) is 9.36. The summed E-state index contributed by atoms with van der Waals surface area (Å²) in [6.07, 6.45) is 2.97. The van der Waals surface area contributed by atoms with Crippen LogP contribution in [0.5, 0.6) is 0 Å². The molecule has 0 radical (unpaired) electrons. The van der Waals surface area contributed by atoms with E-state index in [1.165, 1.54) is 0 Å². The highest BCUT2D eigenvalue weighted by Crippen LogP contribution is 2.00. The van der Waals surface area contributed by atoms with Crippen molar-refractivity contribution >= 4 is 11.9 Å². The summed E-state index contributed by atoms with van der Waals surface area (Å²) in [5.74, 6) is -0.967. The van der Waals surface area contributed by atoms with Gasteiger partial charge in [0, 0.05) is 20.0 Å². The van der Waals surface area contributed by atoms with Crippen LogP contribution in [0.25, 0.3) is 0 Å². The van der Waals surface area contributed by atoms with Crippen molar-refractivity contribution in [1.82, 2.24) is 0 Å². The van der Waals surface area contributed by atoms with E-state index in [9.17, 15) is 4.79 Å². The van der Waals surface area contributed by atoms with Gasteiger partial charge in [-0.2, -0.15) is 0 Å². The summed E-state index contributed by atoms with van der Waals surface area (Å²) in [5.41, 5.74) is 0. The molecule has 0 aliphatic rings. The number of rotatable bonds is 6. The summed E-state index contributed by atoms with van der Waals surface area (Å²) < 4.78 is 4.72. The van der Waals surface area contributed by atoms with E-state index >= 15 is 0 Å². The minimum atomic E-state index is -0.833. The predicted molar refractivity (Wildman–Crippen MR) is 55.5 cm³/mol. The number of ether oxygens (including phenoxy) is 1. The van der Waals surface area contributed by atoms with E-state index in [4.69, 9.17) is 19.7 Å². The molecule has 0 aliphatic carbocycles. The lowest BCUT2D eigenvalue weighted by Crippen LogP contribution is -2.03. The second kappa shape index (κ2) is 12.9. The number of aliphatic hydroxyl groups is 1. The molecule has 0 aromatic rings. The Bertz CT molecular complexity index is 163. The molecule has 0 aliphatic heterocycles. The van der Waals surface area contributed by atoms with Gasteiger partial charge in [-0.3, -0.25) is 9.59 Å². The van der Waals surface area contributed by atoms with Gasteiger partial charge in [0.1, 0.15) is 0 Å². The molecular weight excluding hydrogens is 200 g/mol. The molecule has 0 heterocycles. The van der Waals surface area contributed by atoms with Crippen LogP contribution in [0.3, 0.4) is 0 Å². The highest BCUT2D eigenvalue weighted by Gasteiger charge is 1.99. The maximum absolute atomic E-state index is 10.7. The fourth-order valence-electron chi connectivity index (χ4n) is 0.791. The van der Waals surface area contributed by atoms with Gasteiger partial charge in [0.05, 0.1) is 6.61 Å². The number of carboxylic acids is 1. The van der Waals surface area contributed by atoms with E-state index in [0.29, 0.717) is 13.0 Å². The molecule has 90 valence electrons. The summed E-state index contributed by atoms with van der Waals surface area (Å²) in [7, 11) is 0. The Morgan fingerprint density at radius 1 is 1.20 bits per heavy atom. The fraction of sp³-hybridized carbons (Fsp3) is 0.800. The molecule has 15 heavy (non-hydrogen) atoms. The number of unbranched alkanes of at least 4 members (excludes halogenated alkanes) is 2. The van der Waals surface area contributed by atoms with Gasteiger partial charge in [-0.15, -0.1) is 0 Å². The number of aliphatic carboxylic acids is 1. The van der Waals surface area contributed by atoms with Gasteiger partial charge >= 0.3 is 5.97 Å². The molecule has 0 fully saturated rings. The van der Waals surface area contributed by atoms with Crippen LogP contribution in [0.15, 0.2) is 0 Å². The van der Waals surface area contributed by atoms with Gasteiger partial charge in [-0.25, -0.2) is 0 Å². The molecule has 0 spiro atoms. The Kier molecular flexibility index (Phi) is 14.0. The third-order valence-electron chi connectivity index (χ3n) is 1.34. The third kappa shape index (κ3) is 24.6. The number of hydrogen-bond acceptors (Lipinski definition) is 4. The maximum atomic E-state index is 10.7. The van der Waals surface area contributed by atoms with Crippen LogP contribution in [0, 0.1) is 0 Å². The Balaban J connectivity index is 0. The molecule has 0 saturated carbocycles. The molecule has 5 heteroatoms. The molecule has 0 rings (SSSR count). The average molecular weight is 220 g/mol. The van der Waals surface area contributed by atoms with Crippen molar-refractivity contribution in [2.45, 2.75) is 39.5 Å². The Morgan fingerprint density at radius 2 is 1.73 bits per heavy atom. The Morgan fingerprint density at radius 3 is 2.13 bits per heavy atom. The van der Waals surface area contributed by atoms with Crippen molar-refractivity contribution in [2.24, 2.45) is 0 Å². The smallest absolute Gasteiger partial charge is 0.305 e. The predicted octanol–water partition coefficient (Wildman–Crippen LogP) is 1.19. The first-order chi connectivity index (χ1) is 7.04. The Hall–Kier alpha value is -1.10. The SMILES string of the molecule is CC(=O)O.CCOC(=O)CCCCCO. The molecule has 0 unspecified atom stereocenters. The van der Waals surface area contributed by atoms with Crippen molar-refractivity contribution in [3.8, 4) is 0 Å². The van der Waals surface area contributed by atoms with Crippen molar-refractivity contribution in [2.75, 3.05) is 13.2 Å². The highest BCUT2D eigenvalue weighted by molar-refractivity contribution is 5.69. The molecule has 0 bridgehead atoms. The van der Waals surface area contributed by atoms with E-state index in [2.05, 4.69) is 0 Å². The lowest BCUT2D eigenvalue weighted by Gasteiger charge is -1.99. The maximum Gasteiger partial charge on any atom is 0.305 e. The van der Waals surface area contributed by atoms with Crippen LogP contribution >= 0.6 is 0 Å². The molecule has 2 N–H and O–H groups in total. The lowest BCUT2D eigenvalue weighted by molar-refractivity contribution is -0.143. The van der Waals surface area contributed by atoms with Crippen LogP contribution in [0.2, 0.25) is 0 Å². The summed E-state index contributed by atoms with van der Waals surface area (Å²) in [6.45, 7) is 3.55. The number of esters is 1. The van der Waals surface area contributed by atoms with Crippen molar-refractivity contribution < 1.29 is 24.5 Å². The van der Waals surface area contributed by atoms with E-state index < -0.39 is 5.97 Å². The molecule has 0 aromatic carbocycles. The van der Waals surface area contributed by atoms with E-state index in [1.54, 1.807) is 6.92 Å². The number of carboxylic acid groups (broad SMARTS) is 1. The van der Waals surface area contributed by atoms with Crippen LogP contribution in [-0.4, -0.2) is 35.4 Å². The number of carbonyl (C=O) groups excluding carboxylic acids is 1. The first-order valence-corrected chi connectivity index (χ1v) is 5.00. The molecule has 0 aromatic heterocycles. The van der Waals surface area contributed by atoms with Gasteiger partial charge in [0.25, 0.3) is 5.97 Å². The monoisotopic (exact) mass is 220 g/mol. The fourth-order valence-corrected chi connectivity index (χ4v) is 0.791. The molecule has 0 amide bonds. The van der Waals surface area contributed by atoms with Gasteiger partial charge in [-0.1, -0.05) is 6.42 Å². The van der Waals surface area contributed by atoms with E-state index in [1.807, 2.05) is 0 Å². The second-order valence-electron chi connectivity index (χ2n) is 2.86. The lowest BCUT2D eigenvalue weighted by atomic mass is 10.2. The van der Waals surface area contributed by atoms with Crippen LogP contribution in [0.4, 0.5) is 0 Å². The zero-order valence-corrected chi connectivity index (χ0v) is 9.36. The third-order valence-corrected chi connectivity index (χ3v) is 1.34. The number of aliphatic hydroxyl groups excluding tert-OH is 1.